The van der Waals surface area contributed by atoms with E-state index < -0.39 is 76.4 Å². The van der Waals surface area contributed by atoms with Crippen LogP contribution in [0.1, 0.15) is 27.8 Å². The Balaban J connectivity index is 0.000000221. The average Bonchev–Trinajstić information content (AvgIpc) is 0.839. The molecule has 0 aliphatic carbocycles. The van der Waals surface area contributed by atoms with Crippen molar-refractivity contribution in [1.29, 1.82) is 26.3 Å². The third kappa shape index (κ3) is 24.9. The Labute approximate surface area is 620 Å². The molecule has 0 unspecified atom stereocenters. The summed E-state index contributed by atoms with van der Waals surface area (Å²) in [5.41, 5.74) is 7.17. The highest BCUT2D eigenvalue weighted by atomic mass is 127. The summed E-state index contributed by atoms with van der Waals surface area (Å²) in [7, 11) is 4.04. The molecule has 0 amide bonds. The van der Waals surface area contributed by atoms with Gasteiger partial charge in [0.05, 0.1) is 91.9 Å². The van der Waals surface area contributed by atoms with Crippen molar-refractivity contribution in [3.8, 4) is 98.9 Å². The summed E-state index contributed by atoms with van der Waals surface area (Å²) in [4.78, 5) is 43.2. The van der Waals surface area contributed by atoms with E-state index in [2.05, 4.69) is 29.9 Å². The Hall–Kier alpha value is -11.6. The van der Waals surface area contributed by atoms with Crippen LogP contribution in [0.5, 0.6) is 23.5 Å². The highest BCUT2D eigenvalue weighted by Crippen LogP contribution is 2.31. The number of methoxy groups -OCH3 is 4. The second-order valence-corrected chi connectivity index (χ2v) is 22.7. The average molecular weight is 1690 g/mol. The monoisotopic (exact) mass is 1690 g/mol. The van der Waals surface area contributed by atoms with Crippen LogP contribution in [-0.4, -0.2) is 75.5 Å². The summed E-state index contributed by atoms with van der Waals surface area (Å²) < 4.78 is 150. The lowest BCUT2D eigenvalue weighted by Crippen LogP contribution is -2.30. The number of nitrogens with two attached hydrogens (primary N) is 1. The topological polar surface area (TPSA) is 340 Å². The fraction of sp³-hybridized carbons (Fsp3) is 0.0580. The molecule has 0 bridgehead atoms. The molecule has 6 heterocycles. The number of nitrogens with zero attached hydrogens (tertiary/aromatic N) is 9. The molecule has 0 radical (unpaired) electrons. The standard InChI is InChI=1S/C13H7F2IN2O.C13H8F2N2O.C12H5F2IN2O.C12H6F2N2O.C7H5ClN2O.C6H5BF2O2.C6H7ClN2O/c1-19-13-11(16)4-8(6-17)12(18-13)7-2-9(14)5-10(15)3-7;1-18-12-3-2-8(7-16)13(17-12)9-4-10(14)6-11(15)5-9;13-8-1-6(2-9(14)4-8)11-7(5-16)3-10(15)12(18)17-11;13-9-3-8(4-10(14)5-9)12-7(6-15)1-2-11(17)16-12;1-11-6-3-2-5(4-9)7(8)10-6;8-5-1-4(7(10)11)2-6(9)3-5;1-10-5-3-2-4(8)6(7)9-5/h2-5H,1H3;2-6H,1H3;1-4H,(H,17,18);1-5H,(H,16,17);2-3H,1H3;1-3,10-11H;2-3H,8H2,1H3. The lowest BCUT2D eigenvalue weighted by molar-refractivity contribution is 0.395. The Morgan fingerprint density at radius 1 is 0.413 bits per heavy atom. The number of benzene rings is 5. The Kier molecular flexibility index (Phi) is 32.0. The molecule has 6 N–H and O–H groups in total. The van der Waals surface area contributed by atoms with Gasteiger partial charge in [-0.2, -0.15) is 31.3 Å². The van der Waals surface area contributed by atoms with Crippen molar-refractivity contribution in [3.05, 3.63) is 276 Å². The molecule has 11 rings (SSSR count). The molecule has 5 aromatic carbocycles. The molecule has 0 atom stereocenters. The molecule has 0 spiro atoms. The number of nitrogen functional groups attached to an aromatic ring is 1. The van der Waals surface area contributed by atoms with Crippen molar-refractivity contribution in [3.63, 3.8) is 0 Å². The predicted octanol–water partition coefficient (Wildman–Crippen LogP) is 14.0. The fourth-order valence-electron chi connectivity index (χ4n) is 8.06. The van der Waals surface area contributed by atoms with Crippen LogP contribution in [0.2, 0.25) is 10.3 Å². The maximum Gasteiger partial charge on any atom is 0.488 e. The number of ether oxygens (including phenoxy) is 4. The van der Waals surface area contributed by atoms with Gasteiger partial charge in [-0.15, -0.1) is 0 Å². The van der Waals surface area contributed by atoms with Crippen molar-refractivity contribution in [2.45, 2.75) is 0 Å². The van der Waals surface area contributed by atoms with E-state index in [1.165, 1.54) is 58.8 Å². The number of hydrogen-bond donors (Lipinski definition) is 5. The van der Waals surface area contributed by atoms with E-state index in [-0.39, 0.29) is 88.9 Å². The number of pyridine rings is 6. The van der Waals surface area contributed by atoms with Gasteiger partial charge in [0, 0.05) is 76.9 Å². The minimum atomic E-state index is -1.83. The van der Waals surface area contributed by atoms with Crippen molar-refractivity contribution in [2.75, 3.05) is 34.2 Å². The van der Waals surface area contributed by atoms with Crippen LogP contribution >= 0.6 is 68.4 Å². The lowest BCUT2D eigenvalue weighted by atomic mass is 9.80. The first kappa shape index (κ1) is 83.0. The van der Waals surface area contributed by atoms with Crippen molar-refractivity contribution >= 4 is 86.7 Å². The lowest BCUT2D eigenvalue weighted by Gasteiger charge is -2.08. The van der Waals surface area contributed by atoms with Gasteiger partial charge in [0.1, 0.15) is 88.5 Å². The molecule has 0 aliphatic heterocycles. The largest absolute Gasteiger partial charge is 0.488 e. The number of aromatic amines is 2. The van der Waals surface area contributed by atoms with Gasteiger partial charge >= 0.3 is 7.12 Å². The van der Waals surface area contributed by atoms with Gasteiger partial charge in [-0.1, -0.05) is 23.2 Å². The molecule has 528 valence electrons. The van der Waals surface area contributed by atoms with Crippen LogP contribution < -0.4 is 41.3 Å². The van der Waals surface area contributed by atoms with E-state index in [9.17, 15) is 53.5 Å². The van der Waals surface area contributed by atoms with Gasteiger partial charge < -0.3 is 44.7 Å². The molecule has 0 aliphatic rings. The summed E-state index contributed by atoms with van der Waals surface area (Å²) in [5.74, 6) is -6.17. The maximum absolute atomic E-state index is 13.2. The number of nitriles is 5. The molecule has 0 saturated carbocycles. The van der Waals surface area contributed by atoms with Crippen LogP contribution in [0.15, 0.2) is 161 Å². The first-order chi connectivity index (χ1) is 49.4. The van der Waals surface area contributed by atoms with E-state index in [4.69, 9.17) is 84.2 Å². The molecule has 0 saturated heterocycles. The number of anilines is 1. The molecule has 104 heavy (non-hydrogen) atoms. The van der Waals surface area contributed by atoms with Crippen molar-refractivity contribution in [1.82, 2.24) is 29.9 Å². The highest BCUT2D eigenvalue weighted by Gasteiger charge is 2.18. The maximum atomic E-state index is 13.2. The van der Waals surface area contributed by atoms with E-state index in [0.29, 0.717) is 42.1 Å². The van der Waals surface area contributed by atoms with Crippen LogP contribution in [0.4, 0.5) is 49.6 Å². The minimum absolute atomic E-state index is 0.110. The van der Waals surface area contributed by atoms with E-state index in [1.54, 1.807) is 52.9 Å². The second kappa shape index (κ2) is 40.1. The smallest absolute Gasteiger partial charge is 0.481 e. The Morgan fingerprint density at radius 2 is 0.769 bits per heavy atom. The zero-order valence-corrected chi connectivity index (χ0v) is 59.1. The van der Waals surface area contributed by atoms with E-state index in [0.717, 1.165) is 84.9 Å². The van der Waals surface area contributed by atoms with Crippen molar-refractivity contribution < 1.29 is 72.9 Å². The summed E-state index contributed by atoms with van der Waals surface area (Å²) >= 11 is 14.9. The molecule has 35 heteroatoms. The number of aromatic nitrogens is 6. The number of H-pyrrole nitrogens is 2. The van der Waals surface area contributed by atoms with Crippen LogP contribution in [0, 0.1) is 122 Å². The van der Waals surface area contributed by atoms with E-state index >= 15 is 0 Å². The molecule has 6 aromatic heterocycles. The van der Waals surface area contributed by atoms with Crippen molar-refractivity contribution in [2.24, 2.45) is 0 Å². The second-order valence-electron chi connectivity index (χ2n) is 19.7. The molecule has 0 fully saturated rings. The summed E-state index contributed by atoms with van der Waals surface area (Å²) in [6.07, 6.45) is 0. The summed E-state index contributed by atoms with van der Waals surface area (Å²) in [6.45, 7) is 0. The SMILES string of the molecule is COc1ccc(C#N)c(-c2cc(F)cc(F)c2)n1.COc1ccc(C#N)c(Cl)n1.COc1ccc(N)c(Cl)n1.COc1nc(-c2cc(F)cc(F)c2)c(C#N)cc1I.N#Cc1cc(I)c(=O)[nH]c1-c1cc(F)cc(F)c1.N#Cc1ccc(=O)[nH]c1-c1cc(F)cc(F)c1.OB(O)c1cc(F)cc(F)c1. The van der Waals surface area contributed by atoms with Crippen LogP contribution in [-0.2, 0) is 0 Å². The van der Waals surface area contributed by atoms with E-state index in [1.807, 2.05) is 52.9 Å². The molecule has 11 aromatic rings. The Bertz CT molecular complexity index is 5190. The van der Waals surface area contributed by atoms with Gasteiger partial charge in [0.15, 0.2) is 10.3 Å². The fourth-order valence-corrected chi connectivity index (χ4v) is 9.49. The number of nitrogens with one attached hydrogen (secondary N) is 2. The Morgan fingerprint density at radius 3 is 1.16 bits per heavy atom. The third-order valence-corrected chi connectivity index (χ3v) is 14.7. The summed E-state index contributed by atoms with van der Waals surface area (Å²) in [6, 6.07) is 38.4. The molecular formula is C69H43BCl2F10I2N12O8. The minimum Gasteiger partial charge on any atom is -0.481 e. The first-order valence-electron chi connectivity index (χ1n) is 28.2. The number of rotatable bonds is 9. The summed E-state index contributed by atoms with van der Waals surface area (Å²) in [5, 5.41) is 61.8. The highest BCUT2D eigenvalue weighted by molar-refractivity contribution is 14.1. The zero-order chi connectivity index (χ0) is 77.1. The molecular weight excluding hydrogens is 1650 g/mol. The van der Waals surface area contributed by atoms with Gasteiger partial charge in [-0.3, -0.25) is 9.59 Å². The third-order valence-electron chi connectivity index (χ3n) is 12.6. The van der Waals surface area contributed by atoms with Crippen LogP contribution in [0.25, 0.3) is 45.0 Å². The number of hydrogen-bond acceptors (Lipinski definition) is 18. The van der Waals surface area contributed by atoms with Crippen LogP contribution in [0.3, 0.4) is 0 Å². The predicted molar refractivity (Wildman–Crippen MR) is 378 cm³/mol. The van der Waals surface area contributed by atoms with Gasteiger partial charge in [-0.05, 0) is 148 Å². The zero-order valence-electron chi connectivity index (χ0n) is 53.2. The quantitative estimate of drug-likeness (QED) is 0.0388. The number of halogens is 14. The van der Waals surface area contributed by atoms with Gasteiger partial charge in [-0.25, -0.2) is 58.9 Å². The van der Waals surface area contributed by atoms with Gasteiger partial charge in [0.2, 0.25) is 29.1 Å². The van der Waals surface area contributed by atoms with Gasteiger partial charge in [0.25, 0.3) is 5.56 Å². The first-order valence-corrected chi connectivity index (χ1v) is 31.1. The molecule has 20 nitrogen and oxygen atoms in total. The normalized spacial score (nSPS) is 9.80.